The topological polar surface area (TPSA) is 42.0 Å². The Balaban J connectivity index is 1.47. The molecule has 0 unspecified atom stereocenters. The monoisotopic (exact) mass is 384 g/mol. The molecule has 1 saturated carbocycles. The van der Waals surface area contributed by atoms with Crippen LogP contribution in [-0.4, -0.2) is 10.9 Å². The van der Waals surface area contributed by atoms with Gasteiger partial charge in [0.25, 0.3) is 0 Å². The molecule has 0 atom stereocenters. The van der Waals surface area contributed by atoms with Crippen LogP contribution < -0.4 is 5.32 Å². The fourth-order valence-corrected chi connectivity index (χ4v) is 4.79. The Labute approximate surface area is 162 Å². The third-order valence-electron chi connectivity index (χ3n) is 4.98. The highest BCUT2D eigenvalue weighted by Gasteiger charge is 2.18. The molecule has 0 bridgehead atoms. The predicted octanol–water partition coefficient (Wildman–Crippen LogP) is 6.53. The first-order chi connectivity index (χ1) is 12.7. The predicted molar refractivity (Wildman–Crippen MR) is 110 cm³/mol. The molecule has 0 spiro atoms. The van der Waals surface area contributed by atoms with Gasteiger partial charge < -0.3 is 5.32 Å². The lowest BCUT2D eigenvalue weighted by molar-refractivity contribution is -0.117. The molecule has 2 aromatic carbocycles. The molecule has 134 valence electrons. The summed E-state index contributed by atoms with van der Waals surface area (Å²) in [6.45, 7) is 0. The second-order valence-corrected chi connectivity index (χ2v) is 8.38. The quantitative estimate of drug-likeness (QED) is 0.555. The number of carbonyl (C=O) groups excluding carboxylic acids is 1. The van der Waals surface area contributed by atoms with Gasteiger partial charge >= 0.3 is 0 Å². The first-order valence-electron chi connectivity index (χ1n) is 9.14. The number of anilines is 1. The van der Waals surface area contributed by atoms with Gasteiger partial charge in [-0.15, -0.1) is 11.3 Å². The highest BCUT2D eigenvalue weighted by Crippen LogP contribution is 2.34. The Kier molecular flexibility index (Phi) is 5.23. The van der Waals surface area contributed by atoms with Crippen LogP contribution in [-0.2, 0) is 4.79 Å². The van der Waals surface area contributed by atoms with E-state index in [-0.39, 0.29) is 5.91 Å². The van der Waals surface area contributed by atoms with E-state index in [1.807, 2.05) is 36.4 Å². The summed E-state index contributed by atoms with van der Waals surface area (Å²) in [5, 5.41) is 4.47. The van der Waals surface area contributed by atoms with Crippen molar-refractivity contribution in [1.82, 2.24) is 4.98 Å². The standard InChI is InChI=1S/C21H21ClN2OS/c22-16-13-15(21-24-18-8-4-5-9-19(18)26-21)10-11-17(16)23-20(25)12-14-6-2-1-3-7-14/h4-5,8-11,13-14H,1-3,6-7,12H2,(H,23,25). The summed E-state index contributed by atoms with van der Waals surface area (Å²) >= 11 is 8.07. The van der Waals surface area contributed by atoms with Crippen molar-refractivity contribution < 1.29 is 4.79 Å². The highest BCUT2D eigenvalue weighted by atomic mass is 35.5. The van der Waals surface area contributed by atoms with Crippen LogP contribution in [0.15, 0.2) is 42.5 Å². The Morgan fingerprint density at radius 1 is 1.15 bits per heavy atom. The van der Waals surface area contributed by atoms with Gasteiger partial charge in [0, 0.05) is 12.0 Å². The Hall–Kier alpha value is -1.91. The molecule has 1 aromatic heterocycles. The van der Waals surface area contributed by atoms with Crippen molar-refractivity contribution in [2.75, 3.05) is 5.32 Å². The van der Waals surface area contributed by atoms with Gasteiger partial charge in [-0.05, 0) is 49.1 Å². The van der Waals surface area contributed by atoms with E-state index in [0.29, 0.717) is 23.0 Å². The number of para-hydroxylation sites is 1. The molecule has 1 aliphatic carbocycles. The van der Waals surface area contributed by atoms with Gasteiger partial charge in [-0.1, -0.05) is 43.0 Å². The number of hydrogen-bond acceptors (Lipinski definition) is 3. The average Bonchev–Trinajstić information content (AvgIpc) is 3.08. The number of fused-ring (bicyclic) bond motifs is 1. The maximum Gasteiger partial charge on any atom is 0.224 e. The summed E-state index contributed by atoms with van der Waals surface area (Å²) < 4.78 is 1.16. The van der Waals surface area contributed by atoms with E-state index in [4.69, 9.17) is 11.6 Å². The van der Waals surface area contributed by atoms with E-state index in [1.54, 1.807) is 11.3 Å². The van der Waals surface area contributed by atoms with Crippen molar-refractivity contribution in [3.63, 3.8) is 0 Å². The van der Waals surface area contributed by atoms with Crippen LogP contribution >= 0.6 is 22.9 Å². The van der Waals surface area contributed by atoms with Gasteiger partial charge in [-0.25, -0.2) is 4.98 Å². The maximum atomic E-state index is 12.3. The summed E-state index contributed by atoms with van der Waals surface area (Å²) in [5.41, 5.74) is 2.65. The molecule has 1 fully saturated rings. The summed E-state index contributed by atoms with van der Waals surface area (Å²) in [4.78, 5) is 17.0. The molecule has 3 nitrogen and oxygen atoms in total. The third-order valence-corrected chi connectivity index (χ3v) is 6.38. The Bertz CT molecular complexity index is 898. The van der Waals surface area contributed by atoms with Crippen LogP contribution in [0.5, 0.6) is 0 Å². The minimum atomic E-state index is 0.0616. The number of halogens is 1. The van der Waals surface area contributed by atoms with Crippen LogP contribution in [0, 0.1) is 5.92 Å². The van der Waals surface area contributed by atoms with Crippen LogP contribution in [0.3, 0.4) is 0 Å². The first-order valence-corrected chi connectivity index (χ1v) is 10.3. The number of hydrogen-bond donors (Lipinski definition) is 1. The molecule has 0 aliphatic heterocycles. The van der Waals surface area contributed by atoms with Crippen molar-refractivity contribution in [2.45, 2.75) is 38.5 Å². The molecule has 4 rings (SSSR count). The van der Waals surface area contributed by atoms with Crippen molar-refractivity contribution in [3.8, 4) is 10.6 Å². The largest absolute Gasteiger partial charge is 0.325 e. The number of benzene rings is 2. The molecule has 0 saturated heterocycles. The number of carbonyl (C=O) groups is 1. The molecule has 1 heterocycles. The van der Waals surface area contributed by atoms with E-state index >= 15 is 0 Å². The number of thiazole rings is 1. The second-order valence-electron chi connectivity index (χ2n) is 6.94. The third kappa shape index (κ3) is 3.92. The molecule has 1 amide bonds. The van der Waals surface area contributed by atoms with Gasteiger partial charge in [0.15, 0.2) is 0 Å². The maximum absolute atomic E-state index is 12.3. The molecule has 1 N–H and O–H groups in total. The van der Waals surface area contributed by atoms with Gasteiger partial charge in [0.1, 0.15) is 5.01 Å². The summed E-state index contributed by atoms with van der Waals surface area (Å²) in [6, 6.07) is 13.8. The molecule has 0 radical (unpaired) electrons. The van der Waals surface area contributed by atoms with Gasteiger partial charge in [0.05, 0.1) is 20.9 Å². The first kappa shape index (κ1) is 17.5. The van der Waals surface area contributed by atoms with Gasteiger partial charge in [0.2, 0.25) is 5.91 Å². The Morgan fingerprint density at radius 3 is 2.73 bits per heavy atom. The molecule has 26 heavy (non-hydrogen) atoms. The lowest BCUT2D eigenvalue weighted by Gasteiger charge is -2.21. The number of rotatable bonds is 4. The number of nitrogens with one attached hydrogen (secondary N) is 1. The van der Waals surface area contributed by atoms with E-state index in [0.717, 1.165) is 33.6 Å². The second kappa shape index (κ2) is 7.77. The zero-order valence-electron chi connectivity index (χ0n) is 14.5. The molecule has 3 aromatic rings. The van der Waals surface area contributed by atoms with Crippen molar-refractivity contribution in [3.05, 3.63) is 47.5 Å². The van der Waals surface area contributed by atoms with Crippen LogP contribution in [0.25, 0.3) is 20.8 Å². The molecular weight excluding hydrogens is 364 g/mol. The zero-order valence-corrected chi connectivity index (χ0v) is 16.1. The summed E-state index contributed by atoms with van der Waals surface area (Å²) in [6.07, 6.45) is 6.72. The Morgan fingerprint density at radius 2 is 1.96 bits per heavy atom. The van der Waals surface area contributed by atoms with E-state index in [1.165, 1.54) is 19.3 Å². The molecule has 5 heteroatoms. The van der Waals surface area contributed by atoms with E-state index in [9.17, 15) is 4.79 Å². The summed E-state index contributed by atoms with van der Waals surface area (Å²) in [7, 11) is 0. The normalized spacial score (nSPS) is 15.3. The van der Waals surface area contributed by atoms with Gasteiger partial charge in [-0.3, -0.25) is 4.79 Å². The average molecular weight is 385 g/mol. The smallest absolute Gasteiger partial charge is 0.224 e. The van der Waals surface area contributed by atoms with Crippen LogP contribution in [0.1, 0.15) is 38.5 Å². The highest BCUT2D eigenvalue weighted by molar-refractivity contribution is 7.21. The van der Waals surface area contributed by atoms with E-state index in [2.05, 4.69) is 16.4 Å². The lowest BCUT2D eigenvalue weighted by Crippen LogP contribution is -2.18. The minimum Gasteiger partial charge on any atom is -0.325 e. The number of aromatic nitrogens is 1. The number of nitrogens with zero attached hydrogens (tertiary/aromatic N) is 1. The van der Waals surface area contributed by atoms with E-state index < -0.39 is 0 Å². The zero-order chi connectivity index (χ0) is 17.9. The SMILES string of the molecule is O=C(CC1CCCCC1)Nc1ccc(-c2nc3ccccc3s2)cc1Cl. The minimum absolute atomic E-state index is 0.0616. The molecular formula is C21H21ClN2OS. The lowest BCUT2D eigenvalue weighted by atomic mass is 9.87. The van der Waals surface area contributed by atoms with Gasteiger partial charge in [-0.2, -0.15) is 0 Å². The molecule has 1 aliphatic rings. The van der Waals surface area contributed by atoms with Crippen molar-refractivity contribution in [1.29, 1.82) is 0 Å². The fourth-order valence-electron chi connectivity index (χ4n) is 3.60. The van der Waals surface area contributed by atoms with Crippen LogP contribution in [0.4, 0.5) is 5.69 Å². The van der Waals surface area contributed by atoms with Crippen LogP contribution in [0.2, 0.25) is 5.02 Å². The van der Waals surface area contributed by atoms with Crippen molar-refractivity contribution in [2.24, 2.45) is 5.92 Å². The van der Waals surface area contributed by atoms with Crippen molar-refractivity contribution >= 4 is 44.7 Å². The number of amides is 1. The summed E-state index contributed by atoms with van der Waals surface area (Å²) in [5.74, 6) is 0.580. The fraction of sp³-hybridized carbons (Fsp3) is 0.333.